The van der Waals surface area contributed by atoms with E-state index in [-0.39, 0.29) is 23.8 Å². The van der Waals surface area contributed by atoms with E-state index in [2.05, 4.69) is 15.0 Å². The Morgan fingerprint density at radius 2 is 1.87 bits per heavy atom. The van der Waals surface area contributed by atoms with E-state index < -0.39 is 10.0 Å². The number of sulfonamides is 1. The molecule has 1 amide bonds. The van der Waals surface area contributed by atoms with E-state index in [4.69, 9.17) is 11.6 Å². The molecular weight excluding hydrogens is 338 g/mol. The zero-order valence-electron chi connectivity index (χ0n) is 12.4. The third-order valence-electron chi connectivity index (χ3n) is 2.95. The molecule has 2 rings (SSSR count). The van der Waals surface area contributed by atoms with Crippen LogP contribution in [0.25, 0.3) is 0 Å². The molecule has 0 atom stereocenters. The van der Waals surface area contributed by atoms with Gasteiger partial charge in [0.15, 0.2) is 0 Å². The Morgan fingerprint density at radius 1 is 1.17 bits per heavy atom. The molecule has 0 aliphatic carbocycles. The summed E-state index contributed by atoms with van der Waals surface area (Å²) in [6.45, 7) is 1.88. The summed E-state index contributed by atoms with van der Waals surface area (Å²) in [5.41, 5.74) is 0.985. The molecule has 1 aromatic heterocycles. The molecule has 2 aromatic rings. The number of aryl methyl sites for hydroxylation is 1. The van der Waals surface area contributed by atoms with Gasteiger partial charge in [-0.1, -0.05) is 17.7 Å². The molecule has 23 heavy (non-hydrogen) atoms. The van der Waals surface area contributed by atoms with Crippen LogP contribution in [0.2, 0.25) is 5.02 Å². The number of pyridine rings is 1. The van der Waals surface area contributed by atoms with Crippen molar-refractivity contribution in [3.8, 4) is 0 Å². The molecule has 0 bridgehead atoms. The van der Waals surface area contributed by atoms with E-state index >= 15 is 0 Å². The first kappa shape index (κ1) is 17.4. The van der Waals surface area contributed by atoms with Crippen LogP contribution in [0.4, 0.5) is 5.82 Å². The zero-order valence-corrected chi connectivity index (χ0v) is 14.0. The van der Waals surface area contributed by atoms with Crippen molar-refractivity contribution in [1.29, 1.82) is 0 Å². The van der Waals surface area contributed by atoms with E-state index in [9.17, 15) is 13.2 Å². The van der Waals surface area contributed by atoms with Gasteiger partial charge in [0.05, 0.1) is 4.90 Å². The van der Waals surface area contributed by atoms with Crippen molar-refractivity contribution in [3.05, 3.63) is 53.2 Å². The van der Waals surface area contributed by atoms with Crippen molar-refractivity contribution in [2.45, 2.75) is 18.2 Å². The number of carbonyl (C=O) groups is 1. The quantitative estimate of drug-likeness (QED) is 0.834. The Labute approximate surface area is 139 Å². The van der Waals surface area contributed by atoms with Gasteiger partial charge in [0.25, 0.3) is 0 Å². The van der Waals surface area contributed by atoms with Crippen LogP contribution in [0.15, 0.2) is 47.5 Å². The van der Waals surface area contributed by atoms with Crippen LogP contribution in [-0.2, 0) is 14.8 Å². The van der Waals surface area contributed by atoms with Crippen molar-refractivity contribution in [1.82, 2.24) is 9.71 Å². The number of anilines is 1. The zero-order chi connectivity index (χ0) is 16.9. The van der Waals surface area contributed by atoms with Crippen molar-refractivity contribution in [3.63, 3.8) is 0 Å². The summed E-state index contributed by atoms with van der Waals surface area (Å²) < 4.78 is 26.4. The number of rotatable bonds is 6. The molecule has 8 heteroatoms. The Morgan fingerprint density at radius 3 is 2.48 bits per heavy atom. The van der Waals surface area contributed by atoms with Gasteiger partial charge in [-0.3, -0.25) is 4.79 Å². The summed E-state index contributed by atoms with van der Waals surface area (Å²) in [4.78, 5) is 15.9. The second kappa shape index (κ2) is 7.54. The van der Waals surface area contributed by atoms with Crippen LogP contribution in [0, 0.1) is 6.92 Å². The summed E-state index contributed by atoms with van der Waals surface area (Å²) in [5.74, 6) is 0.112. The fourth-order valence-electron chi connectivity index (χ4n) is 1.74. The smallest absolute Gasteiger partial charge is 0.240 e. The number of hydrogen-bond donors (Lipinski definition) is 2. The molecule has 0 spiro atoms. The highest BCUT2D eigenvalue weighted by Gasteiger charge is 2.14. The van der Waals surface area contributed by atoms with Gasteiger partial charge in [-0.2, -0.15) is 0 Å². The third kappa shape index (κ3) is 5.31. The minimum absolute atomic E-state index is 0.00236. The second-order valence-corrected chi connectivity index (χ2v) is 7.07. The fraction of sp³-hybridized carbons (Fsp3) is 0.200. The normalized spacial score (nSPS) is 11.2. The lowest BCUT2D eigenvalue weighted by Gasteiger charge is -2.07. The molecule has 122 valence electrons. The van der Waals surface area contributed by atoms with E-state index in [1.807, 2.05) is 13.0 Å². The lowest BCUT2D eigenvalue weighted by atomic mass is 10.3. The summed E-state index contributed by atoms with van der Waals surface area (Å²) >= 11 is 5.72. The number of carbonyl (C=O) groups excluding carboxylic acids is 1. The fourth-order valence-corrected chi connectivity index (χ4v) is 2.90. The molecular formula is C15H16ClN3O3S. The van der Waals surface area contributed by atoms with Crippen molar-refractivity contribution < 1.29 is 13.2 Å². The maximum absolute atomic E-state index is 12.0. The van der Waals surface area contributed by atoms with Gasteiger partial charge in [-0.25, -0.2) is 18.1 Å². The highest BCUT2D eigenvalue weighted by molar-refractivity contribution is 7.89. The summed E-state index contributed by atoms with van der Waals surface area (Å²) in [7, 11) is -3.66. The van der Waals surface area contributed by atoms with Crippen LogP contribution in [0.1, 0.15) is 12.0 Å². The predicted octanol–water partition coefficient (Wildman–Crippen LogP) is 2.35. The predicted molar refractivity (Wildman–Crippen MR) is 88.9 cm³/mol. The largest absolute Gasteiger partial charge is 0.311 e. The molecule has 0 fully saturated rings. The molecule has 0 saturated heterocycles. The van der Waals surface area contributed by atoms with Crippen LogP contribution in [0.3, 0.4) is 0 Å². The Bertz CT molecular complexity index is 775. The van der Waals surface area contributed by atoms with Gasteiger partial charge in [-0.05, 0) is 42.8 Å². The number of halogens is 1. The van der Waals surface area contributed by atoms with Crippen LogP contribution < -0.4 is 10.0 Å². The summed E-state index contributed by atoms with van der Waals surface area (Å²) in [6.07, 6.45) is 1.64. The third-order valence-corrected chi connectivity index (χ3v) is 4.68. The van der Waals surface area contributed by atoms with Crippen molar-refractivity contribution in [2.24, 2.45) is 0 Å². The SMILES string of the molecule is Cc1ccc(NC(=O)CCNS(=O)(=O)c2ccc(Cl)cc2)nc1. The summed E-state index contributed by atoms with van der Waals surface area (Å²) in [6, 6.07) is 9.30. The van der Waals surface area contributed by atoms with E-state index in [0.29, 0.717) is 10.8 Å². The molecule has 0 radical (unpaired) electrons. The van der Waals surface area contributed by atoms with E-state index in [1.54, 1.807) is 12.3 Å². The second-order valence-electron chi connectivity index (χ2n) is 4.87. The lowest BCUT2D eigenvalue weighted by molar-refractivity contribution is -0.116. The Balaban J connectivity index is 1.85. The minimum atomic E-state index is -3.66. The first-order valence-electron chi connectivity index (χ1n) is 6.84. The maximum Gasteiger partial charge on any atom is 0.240 e. The Kier molecular flexibility index (Phi) is 5.70. The maximum atomic E-state index is 12.0. The number of benzene rings is 1. The number of amides is 1. The Hall–Kier alpha value is -1.96. The molecule has 0 aliphatic rings. The van der Waals surface area contributed by atoms with Crippen molar-refractivity contribution >= 4 is 33.3 Å². The number of nitrogens with zero attached hydrogens (tertiary/aromatic N) is 1. The number of nitrogens with one attached hydrogen (secondary N) is 2. The van der Waals surface area contributed by atoms with Crippen LogP contribution in [0.5, 0.6) is 0 Å². The van der Waals surface area contributed by atoms with Gasteiger partial charge in [-0.15, -0.1) is 0 Å². The monoisotopic (exact) mass is 353 g/mol. The lowest BCUT2D eigenvalue weighted by Crippen LogP contribution is -2.28. The molecule has 0 unspecified atom stereocenters. The van der Waals surface area contributed by atoms with Crippen LogP contribution >= 0.6 is 11.6 Å². The highest BCUT2D eigenvalue weighted by Crippen LogP contribution is 2.13. The standard InChI is InChI=1S/C15H16ClN3O3S/c1-11-2-7-14(17-10-11)19-15(20)8-9-18-23(21,22)13-5-3-12(16)4-6-13/h2-7,10,18H,8-9H2,1H3,(H,17,19,20). The van der Waals surface area contributed by atoms with Gasteiger partial charge in [0.2, 0.25) is 15.9 Å². The van der Waals surface area contributed by atoms with Gasteiger partial charge in [0, 0.05) is 24.2 Å². The highest BCUT2D eigenvalue weighted by atomic mass is 35.5. The van der Waals surface area contributed by atoms with Gasteiger partial charge in [0.1, 0.15) is 5.82 Å². The topological polar surface area (TPSA) is 88.2 Å². The summed E-state index contributed by atoms with van der Waals surface area (Å²) in [5, 5.41) is 3.05. The van der Waals surface area contributed by atoms with Crippen molar-refractivity contribution in [2.75, 3.05) is 11.9 Å². The van der Waals surface area contributed by atoms with Gasteiger partial charge < -0.3 is 5.32 Å². The molecule has 6 nitrogen and oxygen atoms in total. The van der Waals surface area contributed by atoms with E-state index in [1.165, 1.54) is 24.3 Å². The van der Waals surface area contributed by atoms with Crippen LogP contribution in [-0.4, -0.2) is 25.9 Å². The average molecular weight is 354 g/mol. The first-order chi connectivity index (χ1) is 10.9. The molecule has 0 aliphatic heterocycles. The molecule has 1 heterocycles. The number of aromatic nitrogens is 1. The number of hydrogen-bond acceptors (Lipinski definition) is 4. The first-order valence-corrected chi connectivity index (χ1v) is 8.71. The average Bonchev–Trinajstić information content (AvgIpc) is 2.50. The molecule has 1 aromatic carbocycles. The minimum Gasteiger partial charge on any atom is -0.311 e. The molecule has 2 N–H and O–H groups in total. The van der Waals surface area contributed by atoms with E-state index in [0.717, 1.165) is 5.56 Å². The molecule has 0 saturated carbocycles. The van der Waals surface area contributed by atoms with Gasteiger partial charge >= 0.3 is 0 Å².